The van der Waals surface area contributed by atoms with Crippen molar-refractivity contribution in [3.05, 3.63) is 59.7 Å². The minimum atomic E-state index is -3.38. The Morgan fingerprint density at radius 2 is 1.46 bits per heavy atom. The van der Waals surface area contributed by atoms with Crippen LogP contribution in [0.4, 0.5) is 20.2 Å². The number of hydrogen-bond acceptors (Lipinski definition) is 3. The van der Waals surface area contributed by atoms with Crippen molar-refractivity contribution in [3.63, 3.8) is 0 Å². The van der Waals surface area contributed by atoms with E-state index in [1.54, 1.807) is 24.3 Å². The van der Waals surface area contributed by atoms with Crippen LogP contribution in [0, 0.1) is 11.6 Å². The molecule has 0 aliphatic carbocycles. The Morgan fingerprint density at radius 3 is 1.96 bits per heavy atom. The second-order valence-electron chi connectivity index (χ2n) is 5.24. The third-order valence-corrected chi connectivity index (χ3v) is 4.78. The fraction of sp³-hybridized carbons (Fsp3) is 0.188. The molecule has 0 N–H and O–H groups in total. The summed E-state index contributed by atoms with van der Waals surface area (Å²) in [6.07, 6.45) is 1.08. The first-order chi connectivity index (χ1) is 11.1. The highest BCUT2D eigenvalue weighted by molar-refractivity contribution is 7.92. The van der Waals surface area contributed by atoms with Crippen LogP contribution in [0.3, 0.4) is 0 Å². The van der Waals surface area contributed by atoms with Gasteiger partial charge in [0.2, 0.25) is 10.0 Å². The predicted octanol–water partition coefficient (Wildman–Crippen LogP) is 2.64. The average molecular weight is 354 g/mol. The smallest absolute Gasteiger partial charge is 0.258 e. The zero-order chi connectivity index (χ0) is 18.1. The van der Waals surface area contributed by atoms with Crippen molar-refractivity contribution in [2.24, 2.45) is 0 Å². The first-order valence-electron chi connectivity index (χ1n) is 6.88. The van der Waals surface area contributed by atoms with Gasteiger partial charge in [-0.1, -0.05) is 0 Å². The SMILES string of the molecule is CN(C(=O)c1ccc(F)c(F)c1)c1ccc(N(C)S(C)(=O)=O)cc1. The molecule has 0 atom stereocenters. The fourth-order valence-corrected chi connectivity index (χ4v) is 2.52. The summed E-state index contributed by atoms with van der Waals surface area (Å²) in [5.41, 5.74) is 0.930. The Morgan fingerprint density at radius 1 is 0.917 bits per heavy atom. The van der Waals surface area contributed by atoms with E-state index >= 15 is 0 Å². The molecule has 128 valence electrons. The van der Waals surface area contributed by atoms with Crippen LogP contribution in [0.1, 0.15) is 10.4 Å². The number of sulfonamides is 1. The third kappa shape index (κ3) is 3.70. The molecule has 5 nitrogen and oxygen atoms in total. The van der Waals surface area contributed by atoms with Crippen molar-refractivity contribution < 1.29 is 22.0 Å². The van der Waals surface area contributed by atoms with Gasteiger partial charge in [0.05, 0.1) is 11.9 Å². The summed E-state index contributed by atoms with van der Waals surface area (Å²) in [5.74, 6) is -2.64. The lowest BCUT2D eigenvalue weighted by Gasteiger charge is -2.20. The second kappa shape index (κ2) is 6.56. The Kier molecular flexibility index (Phi) is 4.88. The van der Waals surface area contributed by atoms with Gasteiger partial charge in [-0.2, -0.15) is 0 Å². The van der Waals surface area contributed by atoms with Crippen molar-refractivity contribution >= 4 is 27.3 Å². The number of halogens is 2. The normalized spacial score (nSPS) is 11.2. The zero-order valence-electron chi connectivity index (χ0n) is 13.3. The molecular formula is C16H16F2N2O3S. The number of hydrogen-bond donors (Lipinski definition) is 0. The standard InChI is InChI=1S/C16H16F2N2O3S/c1-19(16(21)11-4-9-14(17)15(18)10-11)12-5-7-13(8-6-12)20(2)24(3,22)23/h4-10H,1-3H3. The molecule has 0 saturated heterocycles. The third-order valence-electron chi connectivity index (χ3n) is 3.57. The van der Waals surface area contributed by atoms with Crippen molar-refractivity contribution in [1.29, 1.82) is 0 Å². The van der Waals surface area contributed by atoms with Gasteiger partial charge in [-0.3, -0.25) is 9.10 Å². The number of nitrogens with zero attached hydrogens (tertiary/aromatic N) is 2. The van der Waals surface area contributed by atoms with Crippen LogP contribution in [0.5, 0.6) is 0 Å². The number of rotatable bonds is 4. The van der Waals surface area contributed by atoms with E-state index in [0.29, 0.717) is 11.4 Å². The molecule has 2 aromatic rings. The number of carbonyl (C=O) groups is 1. The molecule has 0 aromatic heterocycles. The highest BCUT2D eigenvalue weighted by Gasteiger charge is 2.17. The maximum atomic E-state index is 13.3. The molecule has 0 saturated carbocycles. The van der Waals surface area contributed by atoms with E-state index in [1.807, 2.05) is 0 Å². The van der Waals surface area contributed by atoms with Crippen molar-refractivity contribution in [3.8, 4) is 0 Å². The van der Waals surface area contributed by atoms with Gasteiger partial charge in [0.15, 0.2) is 11.6 Å². The average Bonchev–Trinajstić information content (AvgIpc) is 2.54. The quantitative estimate of drug-likeness (QED) is 0.848. The van der Waals surface area contributed by atoms with Crippen LogP contribution >= 0.6 is 0 Å². The van der Waals surface area contributed by atoms with Gasteiger partial charge in [0, 0.05) is 25.3 Å². The van der Waals surface area contributed by atoms with Crippen molar-refractivity contribution in [2.45, 2.75) is 0 Å². The van der Waals surface area contributed by atoms with Crippen LogP contribution in [-0.4, -0.2) is 34.7 Å². The molecule has 0 fully saturated rings. The van der Waals surface area contributed by atoms with Gasteiger partial charge in [-0.05, 0) is 42.5 Å². The lowest BCUT2D eigenvalue weighted by Crippen LogP contribution is -2.27. The van der Waals surface area contributed by atoms with E-state index in [4.69, 9.17) is 0 Å². The second-order valence-corrected chi connectivity index (χ2v) is 7.25. The summed E-state index contributed by atoms with van der Waals surface area (Å²) in [4.78, 5) is 13.6. The minimum absolute atomic E-state index is 0.00808. The van der Waals surface area contributed by atoms with Gasteiger partial charge >= 0.3 is 0 Å². The molecule has 2 rings (SSSR count). The van der Waals surface area contributed by atoms with E-state index in [1.165, 1.54) is 25.1 Å². The Bertz CT molecular complexity index is 867. The molecule has 1 amide bonds. The molecule has 0 unspecified atom stereocenters. The van der Waals surface area contributed by atoms with E-state index < -0.39 is 27.6 Å². The van der Waals surface area contributed by atoms with Crippen LogP contribution in [0.15, 0.2) is 42.5 Å². The minimum Gasteiger partial charge on any atom is -0.311 e. The first kappa shape index (κ1) is 17.9. The molecule has 0 bridgehead atoms. The van der Waals surface area contributed by atoms with Crippen LogP contribution in [0.2, 0.25) is 0 Å². The predicted molar refractivity (Wildman–Crippen MR) is 88.8 cm³/mol. The van der Waals surface area contributed by atoms with Gasteiger partial charge in [0.25, 0.3) is 5.91 Å². The van der Waals surface area contributed by atoms with E-state index in [-0.39, 0.29) is 5.56 Å². The summed E-state index contributed by atoms with van der Waals surface area (Å²) in [6, 6.07) is 9.14. The monoisotopic (exact) mass is 354 g/mol. The fourth-order valence-electron chi connectivity index (χ4n) is 2.02. The molecule has 0 radical (unpaired) electrons. The Labute approximate surface area is 139 Å². The van der Waals surface area contributed by atoms with Crippen molar-refractivity contribution in [1.82, 2.24) is 0 Å². The van der Waals surface area contributed by atoms with E-state index in [2.05, 4.69) is 0 Å². The number of amides is 1. The zero-order valence-corrected chi connectivity index (χ0v) is 14.1. The number of carbonyl (C=O) groups excluding carboxylic acids is 1. The highest BCUT2D eigenvalue weighted by atomic mass is 32.2. The summed E-state index contributed by atoms with van der Waals surface area (Å²) < 4.78 is 50.3. The van der Waals surface area contributed by atoms with E-state index in [0.717, 1.165) is 22.7 Å². The topological polar surface area (TPSA) is 57.7 Å². The maximum absolute atomic E-state index is 13.3. The molecule has 0 aliphatic rings. The van der Waals surface area contributed by atoms with Crippen LogP contribution in [0.25, 0.3) is 0 Å². The lowest BCUT2D eigenvalue weighted by molar-refractivity contribution is 0.0992. The summed E-state index contributed by atoms with van der Waals surface area (Å²) >= 11 is 0. The molecule has 0 spiro atoms. The van der Waals surface area contributed by atoms with E-state index in [9.17, 15) is 22.0 Å². The van der Waals surface area contributed by atoms with Crippen LogP contribution < -0.4 is 9.21 Å². The summed E-state index contributed by atoms with van der Waals surface area (Å²) in [5, 5.41) is 0. The number of benzene rings is 2. The molecule has 0 heterocycles. The van der Waals surface area contributed by atoms with Gasteiger partial charge in [-0.25, -0.2) is 17.2 Å². The molecule has 0 aliphatic heterocycles. The Balaban J connectivity index is 2.25. The lowest BCUT2D eigenvalue weighted by atomic mass is 10.1. The molecule has 8 heteroatoms. The van der Waals surface area contributed by atoms with Crippen LogP contribution in [-0.2, 0) is 10.0 Å². The molecular weight excluding hydrogens is 338 g/mol. The highest BCUT2D eigenvalue weighted by Crippen LogP contribution is 2.22. The van der Waals surface area contributed by atoms with Gasteiger partial charge in [-0.15, -0.1) is 0 Å². The number of anilines is 2. The first-order valence-corrected chi connectivity index (χ1v) is 8.73. The Hall–Kier alpha value is -2.48. The van der Waals surface area contributed by atoms with Gasteiger partial charge in [0.1, 0.15) is 0 Å². The maximum Gasteiger partial charge on any atom is 0.258 e. The van der Waals surface area contributed by atoms with Gasteiger partial charge < -0.3 is 4.90 Å². The molecule has 2 aromatic carbocycles. The van der Waals surface area contributed by atoms with Crippen molar-refractivity contribution in [2.75, 3.05) is 29.6 Å². The summed E-state index contributed by atoms with van der Waals surface area (Å²) in [7, 11) is -0.479. The molecule has 24 heavy (non-hydrogen) atoms. The summed E-state index contributed by atoms with van der Waals surface area (Å²) in [6.45, 7) is 0. The largest absolute Gasteiger partial charge is 0.311 e.